The maximum absolute atomic E-state index is 11.8. The van der Waals surface area contributed by atoms with Crippen LogP contribution < -0.4 is 5.32 Å². The van der Waals surface area contributed by atoms with Crippen LogP contribution in [0.1, 0.15) is 24.9 Å². The lowest BCUT2D eigenvalue weighted by Gasteiger charge is -2.16. The van der Waals surface area contributed by atoms with Gasteiger partial charge in [0.1, 0.15) is 0 Å². The van der Waals surface area contributed by atoms with E-state index in [9.17, 15) is 14.7 Å². The van der Waals surface area contributed by atoms with Gasteiger partial charge in [0.05, 0.1) is 0 Å². The first kappa shape index (κ1) is 15.2. The number of ether oxygens (including phenoxy) is 1. The Morgan fingerprint density at radius 3 is 2.47 bits per heavy atom. The standard InChI is InChI=1S/C14H19NO4/c1-10(9-19-2)8-12(16)15-13(14(17)18)11-6-4-3-5-7-11/h3-7,10,13H,8-9H2,1-2H3,(H,15,16)(H,17,18)/t10?,13-/m1/s1. The fourth-order valence-corrected chi connectivity index (χ4v) is 1.81. The molecule has 0 aliphatic heterocycles. The van der Waals surface area contributed by atoms with Crippen LogP contribution in [0.3, 0.4) is 0 Å². The van der Waals surface area contributed by atoms with Crippen LogP contribution in [-0.4, -0.2) is 30.7 Å². The van der Waals surface area contributed by atoms with Crippen LogP contribution in [-0.2, 0) is 14.3 Å². The molecule has 5 heteroatoms. The molecule has 1 aromatic rings. The molecule has 1 aromatic carbocycles. The zero-order valence-electron chi connectivity index (χ0n) is 11.1. The van der Waals surface area contributed by atoms with E-state index in [1.165, 1.54) is 0 Å². The number of rotatable bonds is 7. The second-order valence-corrected chi connectivity index (χ2v) is 4.51. The number of hydrogen-bond acceptors (Lipinski definition) is 3. The lowest BCUT2D eigenvalue weighted by Crippen LogP contribution is -2.34. The first-order valence-corrected chi connectivity index (χ1v) is 6.10. The highest BCUT2D eigenvalue weighted by molar-refractivity contribution is 5.84. The van der Waals surface area contributed by atoms with Crippen molar-refractivity contribution in [1.82, 2.24) is 5.32 Å². The smallest absolute Gasteiger partial charge is 0.330 e. The minimum absolute atomic E-state index is 0.0511. The van der Waals surface area contributed by atoms with E-state index in [0.717, 1.165) is 0 Å². The molecule has 19 heavy (non-hydrogen) atoms. The van der Waals surface area contributed by atoms with Gasteiger partial charge in [0.2, 0.25) is 5.91 Å². The number of carbonyl (C=O) groups excluding carboxylic acids is 1. The second kappa shape index (κ2) is 7.53. The number of aliphatic carboxylic acids is 1. The van der Waals surface area contributed by atoms with Crippen molar-refractivity contribution in [1.29, 1.82) is 0 Å². The van der Waals surface area contributed by atoms with Crippen molar-refractivity contribution in [2.75, 3.05) is 13.7 Å². The van der Waals surface area contributed by atoms with Crippen molar-refractivity contribution in [3.05, 3.63) is 35.9 Å². The predicted octanol–water partition coefficient (Wildman–Crippen LogP) is 1.60. The molecule has 2 atom stereocenters. The summed E-state index contributed by atoms with van der Waals surface area (Å²) in [4.78, 5) is 23.0. The normalized spacial score (nSPS) is 13.6. The first-order valence-electron chi connectivity index (χ1n) is 6.10. The predicted molar refractivity (Wildman–Crippen MR) is 70.6 cm³/mol. The summed E-state index contributed by atoms with van der Waals surface area (Å²) in [5, 5.41) is 11.7. The molecule has 104 valence electrons. The molecular formula is C14H19NO4. The first-order chi connectivity index (χ1) is 9.04. The average molecular weight is 265 g/mol. The minimum Gasteiger partial charge on any atom is -0.479 e. The molecule has 0 aliphatic rings. The van der Waals surface area contributed by atoms with E-state index in [1.54, 1.807) is 37.4 Å². The van der Waals surface area contributed by atoms with E-state index in [0.29, 0.717) is 12.2 Å². The summed E-state index contributed by atoms with van der Waals surface area (Å²) in [6.45, 7) is 2.35. The number of carbonyl (C=O) groups is 2. The van der Waals surface area contributed by atoms with E-state index < -0.39 is 12.0 Å². The van der Waals surface area contributed by atoms with Gasteiger partial charge in [-0.25, -0.2) is 4.79 Å². The molecular weight excluding hydrogens is 246 g/mol. The zero-order valence-corrected chi connectivity index (χ0v) is 11.1. The number of carboxylic acids is 1. The van der Waals surface area contributed by atoms with Crippen LogP contribution in [0.15, 0.2) is 30.3 Å². The summed E-state index contributed by atoms with van der Waals surface area (Å²) < 4.78 is 4.95. The fourth-order valence-electron chi connectivity index (χ4n) is 1.81. The molecule has 0 fully saturated rings. The van der Waals surface area contributed by atoms with Crippen LogP contribution in [0.25, 0.3) is 0 Å². The van der Waals surface area contributed by atoms with Gasteiger partial charge in [0, 0.05) is 20.1 Å². The second-order valence-electron chi connectivity index (χ2n) is 4.51. The molecule has 1 rings (SSSR count). The Hall–Kier alpha value is -1.88. The molecule has 2 N–H and O–H groups in total. The van der Waals surface area contributed by atoms with Crippen molar-refractivity contribution in [2.45, 2.75) is 19.4 Å². The number of nitrogens with one attached hydrogen (secondary N) is 1. The molecule has 0 saturated carbocycles. The van der Waals surface area contributed by atoms with E-state index in [4.69, 9.17) is 4.74 Å². The van der Waals surface area contributed by atoms with Crippen LogP contribution in [0.2, 0.25) is 0 Å². The Morgan fingerprint density at radius 1 is 1.32 bits per heavy atom. The third-order valence-corrected chi connectivity index (χ3v) is 2.67. The molecule has 0 aliphatic carbocycles. The van der Waals surface area contributed by atoms with Gasteiger partial charge in [-0.1, -0.05) is 37.3 Å². The molecule has 5 nitrogen and oxygen atoms in total. The average Bonchev–Trinajstić information content (AvgIpc) is 2.37. The van der Waals surface area contributed by atoms with Gasteiger partial charge in [0.15, 0.2) is 6.04 Å². The van der Waals surface area contributed by atoms with E-state index in [-0.39, 0.29) is 18.2 Å². The number of carboxylic acid groups (broad SMARTS) is 1. The fraction of sp³-hybridized carbons (Fsp3) is 0.429. The quantitative estimate of drug-likeness (QED) is 0.785. The Bertz CT molecular complexity index is 419. The van der Waals surface area contributed by atoms with E-state index in [2.05, 4.69) is 5.32 Å². The van der Waals surface area contributed by atoms with Crippen LogP contribution in [0.4, 0.5) is 0 Å². The Kier molecular flexibility index (Phi) is 6.02. The largest absolute Gasteiger partial charge is 0.479 e. The summed E-state index contributed by atoms with van der Waals surface area (Å²) in [5.74, 6) is -1.31. The summed E-state index contributed by atoms with van der Waals surface area (Å²) in [7, 11) is 1.57. The van der Waals surface area contributed by atoms with Crippen molar-refractivity contribution >= 4 is 11.9 Å². The molecule has 0 bridgehead atoms. The zero-order chi connectivity index (χ0) is 14.3. The van der Waals surface area contributed by atoms with Crippen molar-refractivity contribution in [2.24, 2.45) is 5.92 Å². The lowest BCUT2D eigenvalue weighted by molar-refractivity contribution is -0.142. The third-order valence-electron chi connectivity index (χ3n) is 2.67. The van der Waals surface area contributed by atoms with Gasteiger partial charge in [-0.15, -0.1) is 0 Å². The summed E-state index contributed by atoms with van der Waals surface area (Å²) in [6, 6.07) is 7.62. The van der Waals surface area contributed by atoms with Gasteiger partial charge >= 0.3 is 5.97 Å². The maximum Gasteiger partial charge on any atom is 0.330 e. The number of benzene rings is 1. The van der Waals surface area contributed by atoms with E-state index >= 15 is 0 Å². The number of hydrogen-bond donors (Lipinski definition) is 2. The SMILES string of the molecule is COCC(C)CC(=O)N[C@@H](C(=O)O)c1ccccc1. The van der Waals surface area contributed by atoms with Crippen LogP contribution in [0.5, 0.6) is 0 Å². The van der Waals surface area contributed by atoms with Crippen LogP contribution in [0, 0.1) is 5.92 Å². The third kappa shape index (κ3) is 5.09. The molecule has 0 aromatic heterocycles. The van der Waals surface area contributed by atoms with E-state index in [1.807, 2.05) is 6.92 Å². The van der Waals surface area contributed by atoms with Gasteiger partial charge in [-0.05, 0) is 11.5 Å². The van der Waals surface area contributed by atoms with Crippen molar-refractivity contribution in [3.8, 4) is 0 Å². The monoisotopic (exact) mass is 265 g/mol. The Morgan fingerprint density at radius 2 is 1.95 bits per heavy atom. The summed E-state index contributed by atoms with van der Waals surface area (Å²) >= 11 is 0. The molecule has 1 amide bonds. The molecule has 0 saturated heterocycles. The van der Waals surface area contributed by atoms with Crippen molar-refractivity contribution < 1.29 is 19.4 Å². The van der Waals surface area contributed by atoms with Gasteiger partial charge in [0.25, 0.3) is 0 Å². The maximum atomic E-state index is 11.8. The van der Waals surface area contributed by atoms with Gasteiger partial charge in [-0.2, -0.15) is 0 Å². The number of amides is 1. The topological polar surface area (TPSA) is 75.6 Å². The molecule has 0 heterocycles. The number of methoxy groups -OCH3 is 1. The van der Waals surface area contributed by atoms with Gasteiger partial charge < -0.3 is 15.2 Å². The summed E-state index contributed by atoms with van der Waals surface area (Å²) in [6.07, 6.45) is 0.241. The highest BCUT2D eigenvalue weighted by atomic mass is 16.5. The molecule has 0 radical (unpaired) electrons. The Balaban J connectivity index is 2.65. The lowest BCUT2D eigenvalue weighted by atomic mass is 10.1. The minimum atomic E-state index is -1.07. The summed E-state index contributed by atoms with van der Waals surface area (Å²) in [5.41, 5.74) is 0.558. The highest BCUT2D eigenvalue weighted by Gasteiger charge is 2.22. The van der Waals surface area contributed by atoms with Gasteiger partial charge in [-0.3, -0.25) is 4.79 Å². The van der Waals surface area contributed by atoms with Crippen molar-refractivity contribution in [3.63, 3.8) is 0 Å². The van der Waals surface area contributed by atoms with Crippen LogP contribution >= 0.6 is 0 Å². The highest BCUT2D eigenvalue weighted by Crippen LogP contribution is 2.13. The Labute approximate surface area is 112 Å². The molecule has 1 unspecified atom stereocenters. The molecule has 0 spiro atoms.